The number of hydrogen-bond donors (Lipinski definition) is 2. The lowest BCUT2D eigenvalue weighted by molar-refractivity contribution is -0.958. The van der Waals surface area contributed by atoms with Gasteiger partial charge in [0, 0.05) is 23.5 Å². The van der Waals surface area contributed by atoms with Crippen LogP contribution in [0.4, 0.5) is 4.39 Å². The molecule has 0 radical (unpaired) electrons. The summed E-state index contributed by atoms with van der Waals surface area (Å²) in [4.78, 5) is 1.43. The molecule has 4 atom stereocenters. The van der Waals surface area contributed by atoms with Gasteiger partial charge in [-0.25, -0.2) is 4.39 Å². The lowest BCUT2D eigenvalue weighted by Crippen LogP contribution is -3.13. The molecule has 2 fully saturated rings. The second-order valence-electron chi connectivity index (χ2n) is 8.51. The highest BCUT2D eigenvalue weighted by molar-refractivity contribution is 5.45. The zero-order chi connectivity index (χ0) is 19.1. The van der Waals surface area contributed by atoms with Crippen molar-refractivity contribution in [2.45, 2.75) is 50.3 Å². The summed E-state index contributed by atoms with van der Waals surface area (Å²) in [6.45, 7) is 2.00. The fraction of sp³-hybridized carbons (Fsp3) is 0.478. The molecule has 28 heavy (non-hydrogen) atoms. The van der Waals surface area contributed by atoms with Gasteiger partial charge in [-0.2, -0.15) is 0 Å². The second-order valence-corrected chi connectivity index (χ2v) is 8.51. The fourth-order valence-corrected chi connectivity index (χ4v) is 5.49. The zero-order valence-corrected chi connectivity index (χ0v) is 16.0. The third kappa shape index (κ3) is 3.16. The molecule has 5 rings (SSSR count). The molecule has 2 aromatic rings. The first-order chi connectivity index (χ1) is 13.6. The van der Waals surface area contributed by atoms with E-state index in [1.807, 2.05) is 18.2 Å². The van der Waals surface area contributed by atoms with Gasteiger partial charge < -0.3 is 19.5 Å². The van der Waals surface area contributed by atoms with Crippen LogP contribution in [-0.2, 0) is 6.54 Å². The number of piperidine rings is 1. The van der Waals surface area contributed by atoms with Crippen LogP contribution < -0.4 is 14.4 Å². The topological polar surface area (TPSA) is 43.1 Å². The maximum Gasteiger partial charge on any atom is 0.231 e. The van der Waals surface area contributed by atoms with Crippen molar-refractivity contribution in [1.82, 2.24) is 0 Å². The van der Waals surface area contributed by atoms with Gasteiger partial charge in [0.15, 0.2) is 11.5 Å². The summed E-state index contributed by atoms with van der Waals surface area (Å²) in [5.74, 6) is 1.61. The van der Waals surface area contributed by atoms with E-state index in [1.54, 1.807) is 0 Å². The molecule has 0 amide bonds. The van der Waals surface area contributed by atoms with E-state index in [0.29, 0.717) is 0 Å². The van der Waals surface area contributed by atoms with Gasteiger partial charge in [0.1, 0.15) is 18.4 Å². The maximum absolute atomic E-state index is 13.3. The van der Waals surface area contributed by atoms with E-state index in [0.717, 1.165) is 62.3 Å². The summed E-state index contributed by atoms with van der Waals surface area (Å²) >= 11 is 0. The molecule has 5 heteroatoms. The van der Waals surface area contributed by atoms with Crippen molar-refractivity contribution < 1.29 is 23.9 Å². The predicted molar refractivity (Wildman–Crippen MR) is 103 cm³/mol. The highest BCUT2D eigenvalue weighted by Crippen LogP contribution is 2.45. The summed E-state index contributed by atoms with van der Waals surface area (Å²) in [5.41, 5.74) is 1.75. The van der Waals surface area contributed by atoms with Crippen molar-refractivity contribution in [3.05, 3.63) is 59.4 Å². The fourth-order valence-electron chi connectivity index (χ4n) is 5.49. The minimum atomic E-state index is -0.578. The van der Waals surface area contributed by atoms with E-state index in [4.69, 9.17) is 9.47 Å². The molecule has 0 bridgehead atoms. The third-order valence-electron chi connectivity index (χ3n) is 6.89. The number of quaternary nitrogens is 1. The van der Waals surface area contributed by atoms with Gasteiger partial charge in [0.05, 0.1) is 12.1 Å². The Kier molecular flexibility index (Phi) is 4.52. The molecule has 1 saturated carbocycles. The predicted octanol–water partition coefficient (Wildman–Crippen LogP) is 3.01. The van der Waals surface area contributed by atoms with Crippen LogP contribution in [-0.4, -0.2) is 24.0 Å². The van der Waals surface area contributed by atoms with Crippen LogP contribution in [0.3, 0.4) is 0 Å². The summed E-state index contributed by atoms with van der Waals surface area (Å²) in [6, 6.07) is 13.2. The van der Waals surface area contributed by atoms with Crippen molar-refractivity contribution in [3.63, 3.8) is 0 Å². The number of halogens is 1. The molecule has 148 valence electrons. The lowest BCUT2D eigenvalue weighted by Gasteiger charge is -2.50. The Morgan fingerprint density at radius 2 is 1.86 bits per heavy atom. The normalized spacial score (nSPS) is 31.4. The number of aliphatic hydroxyl groups is 1. The Hall–Kier alpha value is -2.11. The van der Waals surface area contributed by atoms with Gasteiger partial charge >= 0.3 is 0 Å². The van der Waals surface area contributed by atoms with E-state index in [2.05, 4.69) is 12.1 Å². The monoisotopic (exact) mass is 384 g/mol. The lowest BCUT2D eigenvalue weighted by atomic mass is 9.66. The van der Waals surface area contributed by atoms with E-state index >= 15 is 0 Å². The third-order valence-corrected chi connectivity index (χ3v) is 6.89. The smallest absolute Gasteiger partial charge is 0.231 e. The highest BCUT2D eigenvalue weighted by atomic mass is 19.1. The van der Waals surface area contributed by atoms with Crippen LogP contribution in [0.1, 0.15) is 49.3 Å². The number of likely N-dealkylation sites (tertiary alicyclic amines) is 1. The van der Waals surface area contributed by atoms with Crippen molar-refractivity contribution >= 4 is 0 Å². The molecule has 2 aromatic carbocycles. The average Bonchev–Trinajstić information content (AvgIpc) is 3.17. The summed E-state index contributed by atoms with van der Waals surface area (Å²) in [6.07, 6.45) is 5.03. The van der Waals surface area contributed by atoms with Crippen LogP contribution >= 0.6 is 0 Å². The summed E-state index contributed by atoms with van der Waals surface area (Å²) in [7, 11) is 0. The first-order valence-electron chi connectivity index (χ1n) is 10.3. The van der Waals surface area contributed by atoms with Crippen LogP contribution in [0.15, 0.2) is 42.5 Å². The van der Waals surface area contributed by atoms with Crippen molar-refractivity contribution in [2.75, 3.05) is 13.3 Å². The van der Waals surface area contributed by atoms with E-state index in [9.17, 15) is 9.50 Å². The van der Waals surface area contributed by atoms with Gasteiger partial charge in [-0.1, -0.05) is 25.0 Å². The Labute approximate surface area is 164 Å². The summed E-state index contributed by atoms with van der Waals surface area (Å²) < 4.78 is 24.4. The quantitative estimate of drug-likeness (QED) is 0.855. The molecule has 3 aliphatic rings. The van der Waals surface area contributed by atoms with Crippen LogP contribution in [0.5, 0.6) is 11.5 Å². The Bertz CT molecular complexity index is 855. The molecule has 0 aromatic heterocycles. The van der Waals surface area contributed by atoms with Crippen molar-refractivity contribution in [3.8, 4) is 11.5 Å². The number of ether oxygens (including phenoxy) is 2. The molecule has 4 nitrogen and oxygen atoms in total. The molecule has 1 aliphatic carbocycles. The van der Waals surface area contributed by atoms with E-state index in [-0.39, 0.29) is 24.6 Å². The number of rotatable bonds is 3. The number of nitrogens with one attached hydrogen (secondary N) is 1. The molecule has 2 aliphatic heterocycles. The Morgan fingerprint density at radius 3 is 2.71 bits per heavy atom. The minimum Gasteiger partial charge on any atom is -0.454 e. The van der Waals surface area contributed by atoms with Gasteiger partial charge in [-0.3, -0.25) is 0 Å². The molecule has 1 unspecified atom stereocenters. The minimum absolute atomic E-state index is 0.193. The standard InChI is InChI=1S/C23H26FNO3/c24-18-7-4-16(5-8-18)14-25-12-11-23(26)10-2-1-3-19(23)22(25)17-6-9-20-21(13-17)28-15-27-20/h4-9,13,19,22,26H,1-3,10-12,14-15H2/p+1/t19-,22-,23+/m0/s1. The second kappa shape index (κ2) is 7.05. The van der Waals surface area contributed by atoms with Gasteiger partial charge in [0.25, 0.3) is 0 Å². The van der Waals surface area contributed by atoms with Crippen LogP contribution in [0.25, 0.3) is 0 Å². The molecule has 2 heterocycles. The number of benzene rings is 2. The Balaban J connectivity index is 1.50. The SMILES string of the molecule is O[C@@]12CCCC[C@H]1[C@H](c1ccc3c(c1)OCO3)[NH+](Cc1ccc(F)cc1)CC2. The number of fused-ring (bicyclic) bond motifs is 2. The molecule has 0 spiro atoms. The molecular formula is C23H27FNO3+. The zero-order valence-electron chi connectivity index (χ0n) is 16.0. The van der Waals surface area contributed by atoms with Crippen LogP contribution in [0, 0.1) is 11.7 Å². The molecular weight excluding hydrogens is 357 g/mol. The Morgan fingerprint density at radius 1 is 1.04 bits per heavy atom. The van der Waals surface area contributed by atoms with Gasteiger partial charge in [-0.05, 0) is 43.2 Å². The first kappa shape index (κ1) is 18.0. The maximum atomic E-state index is 13.3. The van der Waals surface area contributed by atoms with E-state index in [1.165, 1.54) is 22.6 Å². The van der Waals surface area contributed by atoms with Gasteiger partial charge in [0.2, 0.25) is 6.79 Å². The van der Waals surface area contributed by atoms with Crippen molar-refractivity contribution in [2.24, 2.45) is 5.92 Å². The largest absolute Gasteiger partial charge is 0.454 e. The van der Waals surface area contributed by atoms with Gasteiger partial charge in [-0.15, -0.1) is 0 Å². The average molecular weight is 384 g/mol. The molecule has 2 N–H and O–H groups in total. The summed E-state index contributed by atoms with van der Waals surface area (Å²) in [5, 5.41) is 11.4. The molecule has 1 saturated heterocycles. The van der Waals surface area contributed by atoms with Crippen molar-refractivity contribution in [1.29, 1.82) is 0 Å². The van der Waals surface area contributed by atoms with E-state index < -0.39 is 5.60 Å². The number of hydrogen-bond acceptors (Lipinski definition) is 3. The first-order valence-corrected chi connectivity index (χ1v) is 10.3. The van der Waals surface area contributed by atoms with Crippen LogP contribution in [0.2, 0.25) is 0 Å². The highest BCUT2D eigenvalue weighted by Gasteiger charge is 2.51.